The average Bonchev–Trinajstić information content (AvgIpc) is 2.80. The second kappa shape index (κ2) is 6.55. The van der Waals surface area contributed by atoms with E-state index in [0.717, 1.165) is 10.4 Å². The molecular formula is C13H17NO3S. The molecule has 0 radical (unpaired) electrons. The first-order valence-corrected chi connectivity index (χ1v) is 6.38. The summed E-state index contributed by atoms with van der Waals surface area (Å²) < 4.78 is 5.09. The van der Waals surface area contributed by atoms with E-state index in [1.165, 1.54) is 18.4 Å². The van der Waals surface area contributed by atoms with Gasteiger partial charge in [0.1, 0.15) is 12.2 Å². The third-order valence-electron chi connectivity index (χ3n) is 2.51. The number of carbonyl (C=O) groups is 1. The number of hydrogen-bond acceptors (Lipinski definition) is 4. The molecule has 0 fully saturated rings. The standard InChI is InChI=1S/C13H17NO3S/c1-13(2,17-3)12(16)14-9-11-10(5-4-7-15)6-8-18-11/h6,8,15H,7,9H2,1-3H3,(H,14,16). The van der Waals surface area contributed by atoms with E-state index in [9.17, 15) is 4.79 Å². The highest BCUT2D eigenvalue weighted by Crippen LogP contribution is 2.16. The van der Waals surface area contributed by atoms with Gasteiger partial charge >= 0.3 is 0 Å². The highest BCUT2D eigenvalue weighted by Gasteiger charge is 2.26. The summed E-state index contributed by atoms with van der Waals surface area (Å²) in [6.45, 7) is 3.67. The highest BCUT2D eigenvalue weighted by atomic mass is 32.1. The van der Waals surface area contributed by atoms with Crippen LogP contribution in [0.1, 0.15) is 24.3 Å². The zero-order valence-electron chi connectivity index (χ0n) is 10.7. The van der Waals surface area contributed by atoms with Crippen molar-refractivity contribution in [2.24, 2.45) is 0 Å². The number of carbonyl (C=O) groups excluding carboxylic acids is 1. The number of methoxy groups -OCH3 is 1. The smallest absolute Gasteiger partial charge is 0.251 e. The van der Waals surface area contributed by atoms with Gasteiger partial charge in [-0.3, -0.25) is 4.79 Å². The molecule has 1 aromatic rings. The summed E-state index contributed by atoms with van der Waals surface area (Å²) in [5.74, 6) is 5.28. The molecule has 0 bridgehead atoms. The Kier molecular flexibility index (Phi) is 5.35. The van der Waals surface area contributed by atoms with Crippen LogP contribution in [0.25, 0.3) is 0 Å². The summed E-state index contributed by atoms with van der Waals surface area (Å²) in [5, 5.41) is 13.4. The molecule has 4 nitrogen and oxygen atoms in total. The molecule has 5 heteroatoms. The molecule has 0 aliphatic rings. The van der Waals surface area contributed by atoms with E-state index < -0.39 is 5.60 Å². The second-order valence-electron chi connectivity index (χ2n) is 4.11. The molecule has 0 saturated heterocycles. The molecule has 98 valence electrons. The first kappa shape index (κ1) is 14.7. The topological polar surface area (TPSA) is 58.6 Å². The molecule has 1 rings (SSSR count). The number of aliphatic hydroxyl groups is 1. The Morgan fingerprint density at radius 3 is 2.94 bits per heavy atom. The fraction of sp³-hybridized carbons (Fsp3) is 0.462. The first-order chi connectivity index (χ1) is 8.51. The van der Waals surface area contributed by atoms with E-state index in [0.29, 0.717) is 6.54 Å². The molecule has 1 amide bonds. The van der Waals surface area contributed by atoms with E-state index in [2.05, 4.69) is 17.2 Å². The SMILES string of the molecule is COC(C)(C)C(=O)NCc1sccc1C#CCO. The van der Waals surface area contributed by atoms with Crippen LogP contribution in [0, 0.1) is 11.8 Å². The van der Waals surface area contributed by atoms with Crippen LogP contribution in [0.5, 0.6) is 0 Å². The van der Waals surface area contributed by atoms with Gasteiger partial charge in [0.25, 0.3) is 5.91 Å². The molecule has 0 atom stereocenters. The maximum Gasteiger partial charge on any atom is 0.251 e. The van der Waals surface area contributed by atoms with Crippen molar-refractivity contribution in [3.05, 3.63) is 21.9 Å². The predicted molar refractivity (Wildman–Crippen MR) is 71.2 cm³/mol. The molecule has 0 saturated carbocycles. The van der Waals surface area contributed by atoms with Crippen LogP contribution in [0.15, 0.2) is 11.4 Å². The Hall–Kier alpha value is -1.35. The number of thiophene rings is 1. The minimum absolute atomic E-state index is 0.167. The highest BCUT2D eigenvalue weighted by molar-refractivity contribution is 7.10. The molecule has 0 aromatic carbocycles. The third kappa shape index (κ3) is 3.84. The van der Waals surface area contributed by atoms with Gasteiger partial charge in [0.15, 0.2) is 0 Å². The van der Waals surface area contributed by atoms with Crippen molar-refractivity contribution >= 4 is 17.2 Å². The lowest BCUT2D eigenvalue weighted by Crippen LogP contribution is -2.43. The van der Waals surface area contributed by atoms with Gasteiger partial charge in [-0.15, -0.1) is 11.3 Å². The van der Waals surface area contributed by atoms with Crippen LogP contribution in [-0.2, 0) is 16.1 Å². The Morgan fingerprint density at radius 2 is 2.33 bits per heavy atom. The van der Waals surface area contributed by atoms with E-state index in [4.69, 9.17) is 9.84 Å². The van der Waals surface area contributed by atoms with Crippen LogP contribution in [0.3, 0.4) is 0 Å². The number of aliphatic hydroxyl groups excluding tert-OH is 1. The molecule has 1 heterocycles. The van der Waals surface area contributed by atoms with Gasteiger partial charge in [0, 0.05) is 17.6 Å². The number of hydrogen-bond donors (Lipinski definition) is 2. The zero-order valence-corrected chi connectivity index (χ0v) is 11.6. The van der Waals surface area contributed by atoms with Gasteiger partial charge in [-0.05, 0) is 25.3 Å². The van der Waals surface area contributed by atoms with Crippen LogP contribution in [-0.4, -0.2) is 30.3 Å². The fourth-order valence-corrected chi connectivity index (χ4v) is 1.96. The van der Waals surface area contributed by atoms with E-state index in [1.54, 1.807) is 13.8 Å². The lowest BCUT2D eigenvalue weighted by molar-refractivity contribution is -0.139. The van der Waals surface area contributed by atoms with Crippen LogP contribution < -0.4 is 5.32 Å². The Balaban J connectivity index is 2.65. The van der Waals surface area contributed by atoms with Crippen molar-refractivity contribution in [2.45, 2.75) is 26.0 Å². The van der Waals surface area contributed by atoms with Crippen molar-refractivity contribution < 1.29 is 14.6 Å². The van der Waals surface area contributed by atoms with Crippen molar-refractivity contribution in [1.29, 1.82) is 0 Å². The molecule has 0 spiro atoms. The second-order valence-corrected chi connectivity index (χ2v) is 5.12. The summed E-state index contributed by atoms with van der Waals surface area (Å²) in [6, 6.07) is 1.87. The average molecular weight is 267 g/mol. The molecular weight excluding hydrogens is 250 g/mol. The van der Waals surface area contributed by atoms with E-state index in [-0.39, 0.29) is 12.5 Å². The molecule has 0 aliphatic carbocycles. The summed E-state index contributed by atoms with van der Waals surface area (Å²) in [7, 11) is 1.50. The van der Waals surface area contributed by atoms with Gasteiger partial charge in [-0.25, -0.2) is 0 Å². The van der Waals surface area contributed by atoms with Gasteiger partial charge in [0.05, 0.1) is 6.54 Å². The molecule has 1 aromatic heterocycles. The molecule has 0 unspecified atom stereocenters. The zero-order chi connectivity index (χ0) is 13.6. The maximum absolute atomic E-state index is 11.8. The Morgan fingerprint density at radius 1 is 1.61 bits per heavy atom. The van der Waals surface area contributed by atoms with Crippen LogP contribution in [0.4, 0.5) is 0 Å². The number of rotatable bonds is 4. The summed E-state index contributed by atoms with van der Waals surface area (Å²) in [4.78, 5) is 12.8. The van der Waals surface area contributed by atoms with Crippen molar-refractivity contribution in [2.75, 3.05) is 13.7 Å². The number of ether oxygens (including phenoxy) is 1. The minimum atomic E-state index is -0.839. The van der Waals surface area contributed by atoms with Gasteiger partial charge in [-0.2, -0.15) is 0 Å². The Bertz CT molecular complexity index is 468. The summed E-state index contributed by atoms with van der Waals surface area (Å²) >= 11 is 1.52. The first-order valence-electron chi connectivity index (χ1n) is 5.51. The largest absolute Gasteiger partial charge is 0.384 e. The fourth-order valence-electron chi connectivity index (χ4n) is 1.19. The van der Waals surface area contributed by atoms with Crippen molar-refractivity contribution in [3.63, 3.8) is 0 Å². The maximum atomic E-state index is 11.8. The summed E-state index contributed by atoms with van der Waals surface area (Å²) in [6.07, 6.45) is 0. The normalized spacial score (nSPS) is 10.7. The summed E-state index contributed by atoms with van der Waals surface area (Å²) in [5.41, 5.74) is -0.00152. The van der Waals surface area contributed by atoms with Crippen molar-refractivity contribution in [1.82, 2.24) is 5.32 Å². The molecule has 18 heavy (non-hydrogen) atoms. The van der Waals surface area contributed by atoms with Crippen LogP contribution in [0.2, 0.25) is 0 Å². The Labute approximate surface area is 111 Å². The number of amides is 1. The van der Waals surface area contributed by atoms with E-state index >= 15 is 0 Å². The lowest BCUT2D eigenvalue weighted by atomic mass is 10.1. The van der Waals surface area contributed by atoms with Gasteiger partial charge in [0.2, 0.25) is 0 Å². The molecule has 0 aliphatic heterocycles. The monoisotopic (exact) mass is 267 g/mol. The quantitative estimate of drug-likeness (QED) is 0.804. The predicted octanol–water partition coefficient (Wildman–Crippen LogP) is 1.13. The third-order valence-corrected chi connectivity index (χ3v) is 3.44. The van der Waals surface area contributed by atoms with Gasteiger partial charge < -0.3 is 15.2 Å². The van der Waals surface area contributed by atoms with Crippen LogP contribution >= 0.6 is 11.3 Å². The molecule has 2 N–H and O–H groups in total. The minimum Gasteiger partial charge on any atom is -0.384 e. The number of nitrogens with one attached hydrogen (secondary N) is 1. The lowest BCUT2D eigenvalue weighted by Gasteiger charge is -2.21. The van der Waals surface area contributed by atoms with E-state index in [1.807, 2.05) is 11.4 Å². The van der Waals surface area contributed by atoms with Crippen molar-refractivity contribution in [3.8, 4) is 11.8 Å². The van der Waals surface area contributed by atoms with Gasteiger partial charge in [-0.1, -0.05) is 11.8 Å².